The van der Waals surface area contributed by atoms with Crippen LogP contribution >= 0.6 is 0 Å². The van der Waals surface area contributed by atoms with Crippen molar-refractivity contribution in [2.75, 3.05) is 40.3 Å². The molecule has 0 amide bonds. The van der Waals surface area contributed by atoms with Gasteiger partial charge in [0.1, 0.15) is 0 Å². The number of nitrogens with two attached hydrogens (primary N) is 1. The van der Waals surface area contributed by atoms with Crippen molar-refractivity contribution in [3.05, 3.63) is 0 Å². The van der Waals surface area contributed by atoms with Crippen LogP contribution in [0.4, 0.5) is 0 Å². The Balaban J connectivity index is 2.08. The Morgan fingerprint density at radius 3 is 2.79 bits per heavy atom. The van der Waals surface area contributed by atoms with Crippen LogP contribution in [0.3, 0.4) is 0 Å². The zero-order valence-electron chi connectivity index (χ0n) is 12.9. The quantitative estimate of drug-likeness (QED) is 0.835. The molecule has 2 N–H and O–H groups in total. The summed E-state index contributed by atoms with van der Waals surface area (Å²) < 4.78 is 5.62. The summed E-state index contributed by atoms with van der Waals surface area (Å²) in [5.74, 6) is 0. The molecule has 4 heteroatoms. The van der Waals surface area contributed by atoms with Gasteiger partial charge >= 0.3 is 0 Å². The summed E-state index contributed by atoms with van der Waals surface area (Å²) >= 11 is 0. The lowest BCUT2D eigenvalue weighted by molar-refractivity contribution is -0.0498. The van der Waals surface area contributed by atoms with Gasteiger partial charge in [-0.05, 0) is 39.2 Å². The lowest BCUT2D eigenvalue weighted by Gasteiger charge is -2.52. The molecule has 0 aromatic carbocycles. The lowest BCUT2D eigenvalue weighted by Crippen LogP contribution is -2.64. The van der Waals surface area contributed by atoms with Gasteiger partial charge in [-0.15, -0.1) is 0 Å². The minimum absolute atomic E-state index is 0.188. The molecule has 1 aliphatic carbocycles. The molecule has 1 saturated heterocycles. The molecular formula is C15H31N3O. The lowest BCUT2D eigenvalue weighted by atomic mass is 9.78. The topological polar surface area (TPSA) is 41.7 Å². The van der Waals surface area contributed by atoms with Crippen LogP contribution in [-0.4, -0.2) is 67.8 Å². The standard InChI is InChI=1S/C15H31N3O/c1-4-13-11-18(9-8-17(13)2)15(12-16)7-5-6-14(10-15)19-3/h13-14H,4-12,16H2,1-3H3. The Hall–Kier alpha value is -0.160. The van der Waals surface area contributed by atoms with E-state index in [4.69, 9.17) is 10.5 Å². The normalized spacial score (nSPS) is 38.5. The third-order valence-electron chi connectivity index (χ3n) is 5.41. The van der Waals surface area contributed by atoms with Crippen molar-refractivity contribution in [3.63, 3.8) is 0 Å². The largest absolute Gasteiger partial charge is 0.381 e. The average molecular weight is 269 g/mol. The molecule has 3 unspecified atom stereocenters. The molecule has 4 nitrogen and oxygen atoms in total. The first-order valence-corrected chi connectivity index (χ1v) is 7.83. The van der Waals surface area contributed by atoms with E-state index in [2.05, 4.69) is 23.8 Å². The second-order valence-electron chi connectivity index (χ2n) is 6.37. The second kappa shape index (κ2) is 6.53. The highest BCUT2D eigenvalue weighted by molar-refractivity contribution is 4.99. The number of hydrogen-bond donors (Lipinski definition) is 1. The van der Waals surface area contributed by atoms with Gasteiger partial charge in [0.2, 0.25) is 0 Å². The molecule has 19 heavy (non-hydrogen) atoms. The maximum atomic E-state index is 6.20. The van der Waals surface area contributed by atoms with Gasteiger partial charge < -0.3 is 15.4 Å². The monoisotopic (exact) mass is 269 g/mol. The summed E-state index contributed by atoms with van der Waals surface area (Å²) in [6.45, 7) is 6.55. The molecule has 0 aromatic rings. The predicted molar refractivity (Wildman–Crippen MR) is 79.3 cm³/mol. The summed E-state index contributed by atoms with van der Waals surface area (Å²) in [6, 6.07) is 0.681. The van der Waals surface area contributed by atoms with Crippen LogP contribution in [0.2, 0.25) is 0 Å². The molecule has 2 aliphatic rings. The van der Waals surface area contributed by atoms with Gasteiger partial charge in [0.25, 0.3) is 0 Å². The highest BCUT2D eigenvalue weighted by Gasteiger charge is 2.42. The summed E-state index contributed by atoms with van der Waals surface area (Å²) in [4.78, 5) is 5.17. The molecule has 0 bridgehead atoms. The first-order valence-electron chi connectivity index (χ1n) is 7.83. The maximum absolute atomic E-state index is 6.20. The van der Waals surface area contributed by atoms with Gasteiger partial charge in [-0.1, -0.05) is 6.92 Å². The zero-order valence-corrected chi connectivity index (χ0v) is 12.9. The van der Waals surface area contributed by atoms with E-state index in [9.17, 15) is 0 Å². The smallest absolute Gasteiger partial charge is 0.0589 e. The fraction of sp³-hybridized carbons (Fsp3) is 1.00. The molecule has 0 spiro atoms. The van der Waals surface area contributed by atoms with E-state index in [1.807, 2.05) is 7.11 Å². The second-order valence-corrected chi connectivity index (χ2v) is 6.37. The number of piperazine rings is 1. The van der Waals surface area contributed by atoms with Crippen molar-refractivity contribution >= 4 is 0 Å². The Morgan fingerprint density at radius 2 is 2.16 bits per heavy atom. The van der Waals surface area contributed by atoms with Crippen molar-refractivity contribution < 1.29 is 4.74 Å². The Morgan fingerprint density at radius 1 is 1.37 bits per heavy atom. The van der Waals surface area contributed by atoms with E-state index in [1.54, 1.807) is 0 Å². The van der Waals surface area contributed by atoms with E-state index < -0.39 is 0 Å². The molecular weight excluding hydrogens is 238 g/mol. The summed E-state index contributed by atoms with van der Waals surface area (Å²) in [5.41, 5.74) is 6.38. The van der Waals surface area contributed by atoms with Crippen LogP contribution in [-0.2, 0) is 4.74 Å². The van der Waals surface area contributed by atoms with E-state index in [1.165, 1.54) is 32.2 Å². The van der Waals surface area contributed by atoms with Crippen LogP contribution in [0, 0.1) is 0 Å². The van der Waals surface area contributed by atoms with Crippen molar-refractivity contribution in [3.8, 4) is 0 Å². The van der Waals surface area contributed by atoms with Crippen molar-refractivity contribution in [2.24, 2.45) is 5.73 Å². The van der Waals surface area contributed by atoms with Crippen LogP contribution in [0.15, 0.2) is 0 Å². The fourth-order valence-electron chi connectivity index (χ4n) is 3.91. The van der Waals surface area contributed by atoms with Gasteiger partial charge in [-0.2, -0.15) is 0 Å². The zero-order chi connectivity index (χ0) is 13.9. The van der Waals surface area contributed by atoms with Crippen LogP contribution in [0.5, 0.6) is 0 Å². The van der Waals surface area contributed by atoms with Gasteiger partial charge in [-0.25, -0.2) is 0 Å². The van der Waals surface area contributed by atoms with E-state index in [0.29, 0.717) is 12.1 Å². The molecule has 1 aliphatic heterocycles. The number of ether oxygens (including phenoxy) is 1. The fourth-order valence-corrected chi connectivity index (χ4v) is 3.91. The first-order chi connectivity index (χ1) is 9.15. The SMILES string of the molecule is CCC1CN(C2(CN)CCCC(OC)C2)CCN1C. The van der Waals surface area contributed by atoms with E-state index in [0.717, 1.165) is 26.1 Å². The minimum Gasteiger partial charge on any atom is -0.381 e. The predicted octanol–water partition coefficient (Wildman–Crippen LogP) is 1.30. The number of nitrogens with zero attached hydrogens (tertiary/aromatic N) is 2. The number of methoxy groups -OCH3 is 1. The highest BCUT2D eigenvalue weighted by Crippen LogP contribution is 2.35. The first kappa shape index (κ1) is 15.2. The Labute approximate surface area is 118 Å². The molecule has 1 heterocycles. The molecule has 2 rings (SSSR count). The third kappa shape index (κ3) is 3.13. The molecule has 2 fully saturated rings. The van der Waals surface area contributed by atoms with Crippen LogP contribution < -0.4 is 5.73 Å². The number of rotatable bonds is 4. The minimum atomic E-state index is 0.188. The summed E-state index contributed by atoms with van der Waals surface area (Å²) in [7, 11) is 4.09. The number of hydrogen-bond acceptors (Lipinski definition) is 4. The van der Waals surface area contributed by atoms with Crippen molar-refractivity contribution in [1.29, 1.82) is 0 Å². The highest BCUT2D eigenvalue weighted by atomic mass is 16.5. The van der Waals surface area contributed by atoms with Crippen molar-refractivity contribution in [2.45, 2.75) is 56.7 Å². The molecule has 0 aromatic heterocycles. The molecule has 112 valence electrons. The number of likely N-dealkylation sites (N-methyl/N-ethyl adjacent to an activating group) is 1. The van der Waals surface area contributed by atoms with Crippen LogP contribution in [0.1, 0.15) is 39.0 Å². The van der Waals surface area contributed by atoms with E-state index >= 15 is 0 Å². The van der Waals surface area contributed by atoms with Gasteiger partial charge in [0, 0.05) is 44.9 Å². The van der Waals surface area contributed by atoms with Gasteiger partial charge in [0.15, 0.2) is 0 Å². The van der Waals surface area contributed by atoms with E-state index in [-0.39, 0.29) is 5.54 Å². The van der Waals surface area contributed by atoms with Gasteiger partial charge in [0.05, 0.1) is 6.10 Å². The molecule has 1 saturated carbocycles. The Bertz CT molecular complexity index is 287. The molecule has 0 radical (unpaired) electrons. The maximum Gasteiger partial charge on any atom is 0.0589 e. The summed E-state index contributed by atoms with van der Waals surface area (Å²) in [6.07, 6.45) is 6.42. The Kier molecular flexibility index (Phi) is 5.23. The van der Waals surface area contributed by atoms with Crippen molar-refractivity contribution in [1.82, 2.24) is 9.80 Å². The third-order valence-corrected chi connectivity index (χ3v) is 5.41. The van der Waals surface area contributed by atoms with Crippen LogP contribution in [0.25, 0.3) is 0 Å². The summed E-state index contributed by atoms with van der Waals surface area (Å²) in [5, 5.41) is 0. The average Bonchev–Trinajstić information content (AvgIpc) is 2.47. The molecule has 3 atom stereocenters. The van der Waals surface area contributed by atoms with Gasteiger partial charge in [-0.3, -0.25) is 4.90 Å².